The summed E-state index contributed by atoms with van der Waals surface area (Å²) < 4.78 is 5.62. The summed E-state index contributed by atoms with van der Waals surface area (Å²) in [5, 5.41) is 10.7. The van der Waals surface area contributed by atoms with Gasteiger partial charge in [-0.25, -0.2) is 9.97 Å². The SMILES string of the molecule is Cc1cc(C)nc(OCC2(O)CC(N(C)C(=O)C3(C)CCCCC3)C2)n1. The number of ether oxygens (including phenoxy) is 1. The van der Waals surface area contributed by atoms with Crippen molar-refractivity contribution in [3.05, 3.63) is 17.5 Å². The smallest absolute Gasteiger partial charge is 0.316 e. The molecule has 0 spiro atoms. The lowest BCUT2D eigenvalue weighted by atomic mass is 9.72. The third-order valence-electron chi connectivity index (χ3n) is 6.00. The maximum absolute atomic E-state index is 12.9. The van der Waals surface area contributed by atoms with Crippen molar-refractivity contribution >= 4 is 5.91 Å². The van der Waals surface area contributed by atoms with Crippen molar-refractivity contribution in [1.82, 2.24) is 14.9 Å². The highest BCUT2D eigenvalue weighted by atomic mass is 16.5. The third-order valence-corrected chi connectivity index (χ3v) is 6.00. The van der Waals surface area contributed by atoms with Gasteiger partial charge in [0.15, 0.2) is 0 Å². The van der Waals surface area contributed by atoms with Crippen molar-refractivity contribution < 1.29 is 14.6 Å². The van der Waals surface area contributed by atoms with Gasteiger partial charge in [-0.2, -0.15) is 0 Å². The van der Waals surface area contributed by atoms with Crippen LogP contribution in [0.2, 0.25) is 0 Å². The maximum Gasteiger partial charge on any atom is 0.316 e. The fraction of sp³-hybridized carbons (Fsp3) is 0.750. The molecule has 2 fully saturated rings. The summed E-state index contributed by atoms with van der Waals surface area (Å²) in [4.78, 5) is 23.2. The fourth-order valence-electron chi connectivity index (χ4n) is 4.30. The summed E-state index contributed by atoms with van der Waals surface area (Å²) in [7, 11) is 1.88. The van der Waals surface area contributed by atoms with Gasteiger partial charge in [0.25, 0.3) is 0 Å². The average Bonchev–Trinajstić information content (AvgIpc) is 2.56. The first-order chi connectivity index (χ1) is 12.2. The molecule has 26 heavy (non-hydrogen) atoms. The van der Waals surface area contributed by atoms with E-state index in [-0.39, 0.29) is 24.0 Å². The molecule has 0 unspecified atom stereocenters. The number of nitrogens with zero attached hydrogens (tertiary/aromatic N) is 3. The van der Waals surface area contributed by atoms with E-state index in [2.05, 4.69) is 16.9 Å². The van der Waals surface area contributed by atoms with Crippen LogP contribution in [0, 0.1) is 19.3 Å². The van der Waals surface area contributed by atoms with E-state index < -0.39 is 5.60 Å². The highest BCUT2D eigenvalue weighted by Crippen LogP contribution is 2.41. The van der Waals surface area contributed by atoms with Crippen LogP contribution in [0.15, 0.2) is 6.07 Å². The number of aliphatic hydroxyl groups is 1. The highest BCUT2D eigenvalue weighted by Gasteiger charge is 2.48. The van der Waals surface area contributed by atoms with Crippen molar-refractivity contribution in [3.8, 4) is 6.01 Å². The van der Waals surface area contributed by atoms with Gasteiger partial charge < -0.3 is 14.7 Å². The third kappa shape index (κ3) is 4.00. The molecular weight excluding hydrogens is 330 g/mol. The first kappa shape index (κ1) is 19.1. The van der Waals surface area contributed by atoms with E-state index in [4.69, 9.17) is 4.74 Å². The molecule has 0 aliphatic heterocycles. The predicted octanol–water partition coefficient (Wildman–Crippen LogP) is 2.79. The van der Waals surface area contributed by atoms with Crippen LogP contribution in [-0.4, -0.2) is 51.2 Å². The van der Waals surface area contributed by atoms with Crippen molar-refractivity contribution in [3.63, 3.8) is 0 Å². The number of hydrogen-bond acceptors (Lipinski definition) is 5. The normalized spacial score (nSPS) is 27.5. The number of aromatic nitrogens is 2. The van der Waals surface area contributed by atoms with E-state index >= 15 is 0 Å². The van der Waals surface area contributed by atoms with Crippen molar-refractivity contribution in [2.45, 2.75) is 77.4 Å². The van der Waals surface area contributed by atoms with Crippen molar-refractivity contribution in [2.24, 2.45) is 5.41 Å². The number of rotatable bonds is 5. The van der Waals surface area contributed by atoms with E-state index in [1.165, 1.54) is 6.42 Å². The molecule has 2 aliphatic rings. The molecule has 0 bridgehead atoms. The molecular formula is C20H31N3O3. The van der Waals surface area contributed by atoms with E-state index in [0.29, 0.717) is 18.9 Å². The standard InChI is InChI=1S/C20H31N3O3/c1-14-10-15(2)22-18(21-14)26-13-20(25)11-16(12-20)23(4)17(24)19(3)8-6-5-7-9-19/h10,16,25H,5-9,11-13H2,1-4H3. The Labute approximate surface area is 156 Å². The van der Waals surface area contributed by atoms with Gasteiger partial charge in [0.1, 0.15) is 12.2 Å². The Hall–Kier alpha value is -1.69. The molecule has 1 aromatic rings. The summed E-state index contributed by atoms with van der Waals surface area (Å²) in [5.74, 6) is 0.225. The van der Waals surface area contributed by atoms with E-state index in [0.717, 1.165) is 37.1 Å². The van der Waals surface area contributed by atoms with Gasteiger partial charge in [-0.05, 0) is 32.8 Å². The minimum absolute atomic E-state index is 0.0787. The van der Waals surface area contributed by atoms with Crippen LogP contribution in [0.25, 0.3) is 0 Å². The molecule has 144 valence electrons. The van der Waals surface area contributed by atoms with E-state index in [1.807, 2.05) is 31.9 Å². The quantitative estimate of drug-likeness (QED) is 0.873. The van der Waals surface area contributed by atoms with Crippen LogP contribution in [0.5, 0.6) is 6.01 Å². The lowest BCUT2D eigenvalue weighted by Crippen LogP contribution is -2.60. The number of carbonyl (C=O) groups is 1. The zero-order valence-corrected chi connectivity index (χ0v) is 16.4. The molecule has 3 rings (SSSR count). The molecule has 6 heteroatoms. The maximum atomic E-state index is 12.9. The van der Waals surface area contributed by atoms with Crippen molar-refractivity contribution in [2.75, 3.05) is 13.7 Å². The number of aryl methyl sites for hydroxylation is 2. The Morgan fingerprint density at radius 3 is 2.38 bits per heavy atom. The Morgan fingerprint density at radius 1 is 1.23 bits per heavy atom. The molecule has 1 N–H and O–H groups in total. The highest BCUT2D eigenvalue weighted by molar-refractivity contribution is 5.82. The average molecular weight is 361 g/mol. The largest absolute Gasteiger partial charge is 0.460 e. The summed E-state index contributed by atoms with van der Waals surface area (Å²) in [6.07, 6.45) is 6.52. The van der Waals surface area contributed by atoms with Crippen LogP contribution in [0.4, 0.5) is 0 Å². The topological polar surface area (TPSA) is 75.6 Å². The lowest BCUT2D eigenvalue weighted by Gasteiger charge is -2.49. The van der Waals surface area contributed by atoms with Gasteiger partial charge in [-0.15, -0.1) is 0 Å². The molecule has 0 radical (unpaired) electrons. The first-order valence-electron chi connectivity index (χ1n) is 9.66. The fourth-order valence-corrected chi connectivity index (χ4v) is 4.30. The van der Waals surface area contributed by atoms with Gasteiger partial charge in [0.2, 0.25) is 5.91 Å². The summed E-state index contributed by atoms with van der Waals surface area (Å²) >= 11 is 0. The zero-order valence-electron chi connectivity index (χ0n) is 16.4. The first-order valence-corrected chi connectivity index (χ1v) is 9.66. The molecule has 0 aromatic carbocycles. The van der Waals surface area contributed by atoms with E-state index in [1.54, 1.807) is 0 Å². The second kappa shape index (κ2) is 7.14. The van der Waals surface area contributed by atoms with Crippen LogP contribution in [-0.2, 0) is 4.79 Å². The molecule has 2 aliphatic carbocycles. The lowest BCUT2D eigenvalue weighted by molar-refractivity contribution is -0.157. The van der Waals surface area contributed by atoms with Gasteiger partial charge in [-0.1, -0.05) is 26.2 Å². The Bertz CT molecular complexity index is 644. The number of hydrogen-bond donors (Lipinski definition) is 1. The van der Waals surface area contributed by atoms with Crippen LogP contribution in [0.1, 0.15) is 63.3 Å². The number of amides is 1. The summed E-state index contributed by atoms with van der Waals surface area (Å²) in [5.41, 5.74) is 0.548. The molecule has 1 amide bonds. The Morgan fingerprint density at radius 2 is 1.81 bits per heavy atom. The van der Waals surface area contributed by atoms with Gasteiger partial charge >= 0.3 is 6.01 Å². The summed E-state index contributed by atoms with van der Waals surface area (Å²) in [6, 6.07) is 2.27. The monoisotopic (exact) mass is 361 g/mol. The Kier molecular flexibility index (Phi) is 5.24. The van der Waals surface area contributed by atoms with Crippen LogP contribution < -0.4 is 4.74 Å². The molecule has 0 saturated heterocycles. The second-order valence-corrected chi connectivity index (χ2v) is 8.55. The van der Waals surface area contributed by atoms with Crippen LogP contribution in [0.3, 0.4) is 0 Å². The molecule has 6 nitrogen and oxygen atoms in total. The molecule has 1 aromatic heterocycles. The minimum Gasteiger partial charge on any atom is -0.460 e. The van der Waals surface area contributed by atoms with Gasteiger partial charge in [0, 0.05) is 42.7 Å². The molecule has 1 heterocycles. The predicted molar refractivity (Wildman–Crippen MR) is 98.9 cm³/mol. The second-order valence-electron chi connectivity index (χ2n) is 8.55. The summed E-state index contributed by atoms with van der Waals surface area (Å²) in [6.45, 7) is 6.03. The zero-order chi connectivity index (χ0) is 18.9. The molecule has 2 saturated carbocycles. The number of carbonyl (C=O) groups excluding carboxylic acids is 1. The van der Waals surface area contributed by atoms with Crippen molar-refractivity contribution in [1.29, 1.82) is 0 Å². The molecule has 0 atom stereocenters. The van der Waals surface area contributed by atoms with E-state index in [9.17, 15) is 9.90 Å². The van der Waals surface area contributed by atoms with Gasteiger partial charge in [-0.3, -0.25) is 4.79 Å². The van der Waals surface area contributed by atoms with Gasteiger partial charge in [0.05, 0.1) is 0 Å². The Balaban J connectivity index is 1.52. The minimum atomic E-state index is -0.909. The van der Waals surface area contributed by atoms with Crippen LogP contribution >= 0.6 is 0 Å².